The van der Waals surface area contributed by atoms with Gasteiger partial charge in [0.2, 0.25) is 0 Å². The second-order valence-electron chi connectivity index (χ2n) is 4.86. The maximum absolute atomic E-state index is 11.7. The van der Waals surface area contributed by atoms with Gasteiger partial charge in [0.15, 0.2) is 0 Å². The summed E-state index contributed by atoms with van der Waals surface area (Å²) in [6, 6.07) is 14.6. The fraction of sp³-hybridized carbons (Fsp3) is 0.118. The summed E-state index contributed by atoms with van der Waals surface area (Å²) in [5.74, 6) is -1.56. The number of hydrogen-bond donors (Lipinski definition) is 2. The van der Waals surface area contributed by atoms with Crippen molar-refractivity contribution in [2.75, 3.05) is 0 Å². The standard InChI is InChI=1S/C17H16ClN3O2/c1-12-4-2-3-5-14(12)11-20-21-17(23)16(22)19-10-13-6-8-15(18)9-7-13/h2-9,11H,10H2,1H3,(H,19,22)(H,21,23)/b20-11-. The molecular weight excluding hydrogens is 314 g/mol. The summed E-state index contributed by atoms with van der Waals surface area (Å²) in [5.41, 5.74) is 4.94. The highest BCUT2D eigenvalue weighted by atomic mass is 35.5. The molecule has 0 saturated carbocycles. The van der Waals surface area contributed by atoms with Crippen molar-refractivity contribution in [1.82, 2.24) is 10.7 Å². The fourth-order valence-corrected chi connectivity index (χ4v) is 1.93. The van der Waals surface area contributed by atoms with Crippen LogP contribution in [0.2, 0.25) is 5.02 Å². The van der Waals surface area contributed by atoms with Gasteiger partial charge in [0.25, 0.3) is 0 Å². The van der Waals surface area contributed by atoms with Gasteiger partial charge in [0.05, 0.1) is 6.21 Å². The van der Waals surface area contributed by atoms with Crippen molar-refractivity contribution in [3.8, 4) is 0 Å². The van der Waals surface area contributed by atoms with Crippen LogP contribution in [0.4, 0.5) is 0 Å². The molecule has 2 N–H and O–H groups in total. The summed E-state index contributed by atoms with van der Waals surface area (Å²) in [6.07, 6.45) is 1.50. The van der Waals surface area contributed by atoms with E-state index in [0.29, 0.717) is 5.02 Å². The lowest BCUT2D eigenvalue weighted by molar-refractivity contribution is -0.139. The number of aryl methyl sites for hydroxylation is 1. The molecule has 0 bridgehead atoms. The average molecular weight is 330 g/mol. The average Bonchev–Trinajstić information content (AvgIpc) is 2.55. The predicted octanol–water partition coefficient (Wildman–Crippen LogP) is 2.41. The Kier molecular flexibility index (Phi) is 5.88. The SMILES string of the molecule is Cc1ccccc1/C=N\NC(=O)C(=O)NCc1ccc(Cl)cc1. The zero-order valence-corrected chi connectivity index (χ0v) is 13.3. The molecule has 5 nitrogen and oxygen atoms in total. The quantitative estimate of drug-likeness (QED) is 0.514. The van der Waals surface area contributed by atoms with E-state index in [9.17, 15) is 9.59 Å². The number of carbonyl (C=O) groups is 2. The van der Waals surface area contributed by atoms with E-state index in [2.05, 4.69) is 15.8 Å². The second-order valence-corrected chi connectivity index (χ2v) is 5.30. The van der Waals surface area contributed by atoms with Gasteiger partial charge in [0.1, 0.15) is 0 Å². The smallest absolute Gasteiger partial charge is 0.329 e. The van der Waals surface area contributed by atoms with Gasteiger partial charge in [-0.3, -0.25) is 9.59 Å². The van der Waals surface area contributed by atoms with Crippen LogP contribution in [-0.2, 0) is 16.1 Å². The minimum absolute atomic E-state index is 0.241. The molecule has 0 atom stereocenters. The first-order valence-corrected chi connectivity index (χ1v) is 7.35. The largest absolute Gasteiger partial charge is 0.344 e. The molecule has 0 heterocycles. The van der Waals surface area contributed by atoms with Crippen LogP contribution >= 0.6 is 11.6 Å². The molecule has 118 valence electrons. The molecule has 0 saturated heterocycles. The van der Waals surface area contributed by atoms with Gasteiger partial charge >= 0.3 is 11.8 Å². The van der Waals surface area contributed by atoms with E-state index >= 15 is 0 Å². The van der Waals surface area contributed by atoms with Crippen LogP contribution in [0.1, 0.15) is 16.7 Å². The van der Waals surface area contributed by atoms with E-state index in [0.717, 1.165) is 16.7 Å². The highest BCUT2D eigenvalue weighted by molar-refractivity contribution is 6.35. The van der Waals surface area contributed by atoms with E-state index in [1.807, 2.05) is 31.2 Å². The van der Waals surface area contributed by atoms with Crippen molar-refractivity contribution in [2.24, 2.45) is 5.10 Å². The third-order valence-electron chi connectivity index (χ3n) is 3.13. The number of hydrogen-bond acceptors (Lipinski definition) is 3. The zero-order chi connectivity index (χ0) is 16.7. The summed E-state index contributed by atoms with van der Waals surface area (Å²) in [7, 11) is 0. The molecule has 0 unspecified atom stereocenters. The third kappa shape index (κ3) is 5.23. The van der Waals surface area contributed by atoms with E-state index in [4.69, 9.17) is 11.6 Å². The van der Waals surface area contributed by atoms with Crippen molar-refractivity contribution in [3.63, 3.8) is 0 Å². The Morgan fingerprint density at radius 2 is 1.78 bits per heavy atom. The van der Waals surface area contributed by atoms with Gasteiger partial charge < -0.3 is 5.32 Å². The van der Waals surface area contributed by atoms with Gasteiger partial charge in [-0.1, -0.05) is 48.0 Å². The highest BCUT2D eigenvalue weighted by Crippen LogP contribution is 2.09. The first-order valence-electron chi connectivity index (χ1n) is 6.97. The first-order chi connectivity index (χ1) is 11.1. The first kappa shape index (κ1) is 16.7. The van der Waals surface area contributed by atoms with E-state index in [1.54, 1.807) is 24.3 Å². The molecular formula is C17H16ClN3O2. The number of nitrogens with one attached hydrogen (secondary N) is 2. The number of nitrogens with zero attached hydrogens (tertiary/aromatic N) is 1. The van der Waals surface area contributed by atoms with Gasteiger partial charge in [-0.05, 0) is 35.7 Å². The minimum Gasteiger partial charge on any atom is -0.344 e. The maximum atomic E-state index is 11.7. The van der Waals surface area contributed by atoms with E-state index < -0.39 is 11.8 Å². The zero-order valence-electron chi connectivity index (χ0n) is 12.5. The number of benzene rings is 2. The Hall–Kier alpha value is -2.66. The molecule has 0 aliphatic rings. The third-order valence-corrected chi connectivity index (χ3v) is 3.38. The summed E-state index contributed by atoms with van der Waals surface area (Å²) >= 11 is 5.78. The van der Waals surface area contributed by atoms with E-state index in [-0.39, 0.29) is 6.54 Å². The molecule has 23 heavy (non-hydrogen) atoms. The Morgan fingerprint density at radius 3 is 2.48 bits per heavy atom. The molecule has 2 aromatic rings. The Morgan fingerprint density at radius 1 is 1.09 bits per heavy atom. The topological polar surface area (TPSA) is 70.6 Å². The van der Waals surface area contributed by atoms with Crippen molar-refractivity contribution in [3.05, 3.63) is 70.2 Å². The molecule has 0 spiro atoms. The number of hydrazone groups is 1. The molecule has 0 radical (unpaired) electrons. The molecule has 2 amide bonds. The van der Waals surface area contributed by atoms with Gasteiger partial charge in [-0.15, -0.1) is 0 Å². The Bertz CT molecular complexity index is 727. The van der Waals surface area contributed by atoms with Crippen LogP contribution in [0, 0.1) is 6.92 Å². The monoisotopic (exact) mass is 329 g/mol. The predicted molar refractivity (Wildman–Crippen MR) is 90.2 cm³/mol. The molecule has 0 aliphatic heterocycles. The lowest BCUT2D eigenvalue weighted by atomic mass is 10.1. The highest BCUT2D eigenvalue weighted by Gasteiger charge is 2.11. The molecule has 2 rings (SSSR count). The van der Waals surface area contributed by atoms with Crippen LogP contribution in [0.15, 0.2) is 53.6 Å². The normalized spacial score (nSPS) is 10.5. The maximum Gasteiger partial charge on any atom is 0.329 e. The second kappa shape index (κ2) is 8.10. The lowest BCUT2D eigenvalue weighted by Crippen LogP contribution is -2.37. The molecule has 0 aliphatic carbocycles. The van der Waals surface area contributed by atoms with Crippen LogP contribution in [0.25, 0.3) is 0 Å². The van der Waals surface area contributed by atoms with Crippen LogP contribution in [0.5, 0.6) is 0 Å². The Balaban J connectivity index is 1.82. The Labute approximate surface area is 139 Å². The van der Waals surface area contributed by atoms with Crippen molar-refractivity contribution in [2.45, 2.75) is 13.5 Å². The number of rotatable bonds is 4. The summed E-state index contributed by atoms with van der Waals surface area (Å²) in [6.45, 7) is 2.17. The summed E-state index contributed by atoms with van der Waals surface area (Å²) < 4.78 is 0. The fourth-order valence-electron chi connectivity index (χ4n) is 1.81. The lowest BCUT2D eigenvalue weighted by Gasteiger charge is -2.04. The van der Waals surface area contributed by atoms with Crippen LogP contribution < -0.4 is 10.7 Å². The van der Waals surface area contributed by atoms with Crippen LogP contribution in [0.3, 0.4) is 0 Å². The molecule has 0 fully saturated rings. The van der Waals surface area contributed by atoms with Crippen molar-refractivity contribution >= 4 is 29.6 Å². The van der Waals surface area contributed by atoms with Gasteiger partial charge in [0, 0.05) is 11.6 Å². The van der Waals surface area contributed by atoms with Crippen molar-refractivity contribution in [1.29, 1.82) is 0 Å². The summed E-state index contributed by atoms with van der Waals surface area (Å²) in [5, 5.41) is 6.91. The molecule has 2 aromatic carbocycles. The summed E-state index contributed by atoms with van der Waals surface area (Å²) in [4.78, 5) is 23.3. The van der Waals surface area contributed by atoms with E-state index in [1.165, 1.54) is 6.21 Å². The number of carbonyl (C=O) groups excluding carboxylic acids is 2. The van der Waals surface area contributed by atoms with Crippen LogP contribution in [-0.4, -0.2) is 18.0 Å². The van der Waals surface area contributed by atoms with Gasteiger partial charge in [-0.2, -0.15) is 5.10 Å². The number of amides is 2. The van der Waals surface area contributed by atoms with Gasteiger partial charge in [-0.25, -0.2) is 5.43 Å². The molecule has 6 heteroatoms. The molecule has 0 aromatic heterocycles. The minimum atomic E-state index is -0.816. The number of halogens is 1. The van der Waals surface area contributed by atoms with Crippen molar-refractivity contribution < 1.29 is 9.59 Å².